The van der Waals surface area contributed by atoms with E-state index in [0.717, 1.165) is 48.6 Å². The zero-order valence-corrected chi connectivity index (χ0v) is 36.6. The molecule has 61 heavy (non-hydrogen) atoms. The molecule has 5 amide bonds. The molecule has 336 valence electrons. The van der Waals surface area contributed by atoms with Crippen LogP contribution < -0.4 is 15.4 Å². The lowest BCUT2D eigenvalue weighted by molar-refractivity contribution is -0.141. The number of morpholine rings is 1. The summed E-state index contributed by atoms with van der Waals surface area (Å²) in [5.74, 6) is -2.61. The Morgan fingerprint density at radius 2 is 1.70 bits per heavy atom. The Balaban J connectivity index is 1.15. The van der Waals surface area contributed by atoms with Crippen LogP contribution in [0.4, 0.5) is 9.59 Å². The lowest BCUT2D eigenvalue weighted by Crippen LogP contribution is -2.59. The summed E-state index contributed by atoms with van der Waals surface area (Å²) in [6.07, 6.45) is 8.67. The number of hydrogen-bond acceptors (Lipinski definition) is 11. The third-order valence-electron chi connectivity index (χ3n) is 12.7. The van der Waals surface area contributed by atoms with Gasteiger partial charge in [0.05, 0.1) is 25.8 Å². The van der Waals surface area contributed by atoms with Crippen LogP contribution in [0, 0.1) is 5.92 Å². The van der Waals surface area contributed by atoms with Crippen LogP contribution in [0.5, 0.6) is 0 Å². The number of nitrogens with one attached hydrogen (secondary N) is 3. The van der Waals surface area contributed by atoms with Gasteiger partial charge in [-0.05, 0) is 89.9 Å². The first-order valence-electron chi connectivity index (χ1n) is 22.1. The Hall–Kier alpha value is -4.26. The van der Waals surface area contributed by atoms with Crippen molar-refractivity contribution in [3.8, 4) is 0 Å². The van der Waals surface area contributed by atoms with Crippen LogP contribution in [0.3, 0.4) is 0 Å². The first-order valence-corrected chi connectivity index (χ1v) is 23.5. The molecular formula is C43H63N7O10S. The predicted molar refractivity (Wildman–Crippen MR) is 224 cm³/mol. The fourth-order valence-electron chi connectivity index (χ4n) is 9.34. The van der Waals surface area contributed by atoms with Gasteiger partial charge in [0.2, 0.25) is 11.8 Å². The van der Waals surface area contributed by atoms with Crippen molar-refractivity contribution in [3.63, 3.8) is 0 Å². The summed E-state index contributed by atoms with van der Waals surface area (Å²) >= 11 is 0. The van der Waals surface area contributed by atoms with Crippen molar-refractivity contribution in [2.75, 3.05) is 59.0 Å². The number of benzene rings is 1. The molecule has 6 aliphatic rings. The Morgan fingerprint density at radius 3 is 2.46 bits per heavy atom. The standard InChI is InChI=1S/C43H63N7O10S/c1-42(2,3)60-40(54)44-34-17-9-6-4-5-8-15-31-27-43(31,39(53)46-61(56,57)48-22-24-58-25-23-48)45-37(51)35-26-32(28-50(35)38(34)52)59-41(55)49-21-18-30-14-10-11-16-33(30)36(49)29-47-19-12-7-13-20-47/h8,10-11,14-16,31-32,34-36H,4-7,9,12-13,17-29H2,1-3H3,(H,44,54)(H,45,51)(H,46,53)/b15-8+/t31-,32-,34+,35?,36-,43-/m1/s1. The zero-order chi connectivity index (χ0) is 43.4. The molecule has 17 nitrogen and oxygen atoms in total. The van der Waals surface area contributed by atoms with Gasteiger partial charge in [-0.2, -0.15) is 12.7 Å². The van der Waals surface area contributed by atoms with E-state index >= 15 is 0 Å². The molecule has 3 N–H and O–H groups in total. The van der Waals surface area contributed by atoms with E-state index in [2.05, 4.69) is 32.4 Å². The Labute approximate surface area is 359 Å². The highest BCUT2D eigenvalue weighted by atomic mass is 32.2. The lowest BCUT2D eigenvalue weighted by atomic mass is 9.92. The summed E-state index contributed by atoms with van der Waals surface area (Å²) in [6, 6.07) is 5.63. The first-order chi connectivity index (χ1) is 29.1. The van der Waals surface area contributed by atoms with Gasteiger partial charge < -0.3 is 34.6 Å². The molecule has 5 aliphatic heterocycles. The molecule has 1 aromatic carbocycles. The van der Waals surface area contributed by atoms with Gasteiger partial charge in [-0.25, -0.2) is 14.3 Å². The van der Waals surface area contributed by atoms with Gasteiger partial charge in [0, 0.05) is 38.5 Å². The number of likely N-dealkylation sites (tertiary alicyclic amines) is 1. The third-order valence-corrected chi connectivity index (χ3v) is 14.1. The number of amides is 5. The molecule has 1 aliphatic carbocycles. The maximum absolute atomic E-state index is 14.7. The summed E-state index contributed by atoms with van der Waals surface area (Å²) in [5.41, 5.74) is -0.170. The maximum atomic E-state index is 14.7. The summed E-state index contributed by atoms with van der Waals surface area (Å²) in [6.45, 7) is 8.56. The third kappa shape index (κ3) is 10.9. The number of rotatable bonds is 7. The number of allylic oxidation sites excluding steroid dienone is 1. The number of hydrogen-bond donors (Lipinski definition) is 3. The number of nitrogens with zero attached hydrogens (tertiary/aromatic N) is 4. The van der Waals surface area contributed by atoms with Crippen molar-refractivity contribution in [1.29, 1.82) is 0 Å². The van der Waals surface area contributed by atoms with Crippen molar-refractivity contribution >= 4 is 40.1 Å². The Kier molecular flexibility index (Phi) is 14.0. The van der Waals surface area contributed by atoms with E-state index in [1.807, 2.05) is 24.3 Å². The minimum Gasteiger partial charge on any atom is -0.444 e. The van der Waals surface area contributed by atoms with Crippen LogP contribution in [0.25, 0.3) is 0 Å². The second-order valence-corrected chi connectivity index (χ2v) is 19.9. The van der Waals surface area contributed by atoms with Crippen molar-refractivity contribution in [2.45, 2.75) is 127 Å². The van der Waals surface area contributed by atoms with Crippen molar-refractivity contribution in [2.24, 2.45) is 5.92 Å². The topological polar surface area (TPSA) is 196 Å². The second kappa shape index (κ2) is 19.0. The second-order valence-electron chi connectivity index (χ2n) is 18.3. The van der Waals surface area contributed by atoms with E-state index in [1.165, 1.54) is 16.9 Å². The van der Waals surface area contributed by atoms with E-state index in [0.29, 0.717) is 32.4 Å². The number of carbonyl (C=O) groups excluding carboxylic acids is 5. The molecular weight excluding hydrogens is 807 g/mol. The van der Waals surface area contributed by atoms with Crippen LogP contribution >= 0.6 is 0 Å². The highest BCUT2D eigenvalue weighted by Gasteiger charge is 2.62. The fraction of sp³-hybridized carbons (Fsp3) is 0.698. The lowest BCUT2D eigenvalue weighted by Gasteiger charge is -2.40. The van der Waals surface area contributed by atoms with Crippen molar-refractivity contribution in [1.82, 2.24) is 34.4 Å². The van der Waals surface area contributed by atoms with Gasteiger partial charge in [-0.3, -0.25) is 19.3 Å². The van der Waals surface area contributed by atoms with Crippen molar-refractivity contribution < 1.29 is 46.6 Å². The quantitative estimate of drug-likeness (QED) is 0.341. The molecule has 3 saturated heterocycles. The van der Waals surface area contributed by atoms with Crippen LogP contribution in [0.1, 0.15) is 102 Å². The van der Waals surface area contributed by atoms with Gasteiger partial charge in [0.15, 0.2) is 0 Å². The van der Waals surface area contributed by atoms with Gasteiger partial charge >= 0.3 is 22.4 Å². The Morgan fingerprint density at radius 1 is 0.967 bits per heavy atom. The first kappa shape index (κ1) is 44.8. The average Bonchev–Trinajstić information content (AvgIpc) is 3.76. The van der Waals surface area contributed by atoms with E-state index in [-0.39, 0.29) is 58.2 Å². The normalized spacial score (nSPS) is 30.0. The minimum absolute atomic E-state index is 0.0754. The summed E-state index contributed by atoms with van der Waals surface area (Å²) in [7, 11) is -4.25. The van der Waals surface area contributed by atoms with Gasteiger partial charge in [-0.1, -0.05) is 55.7 Å². The monoisotopic (exact) mass is 869 g/mol. The summed E-state index contributed by atoms with van der Waals surface area (Å²) in [4.78, 5) is 76.2. The average molecular weight is 870 g/mol. The zero-order valence-electron chi connectivity index (χ0n) is 35.8. The van der Waals surface area contributed by atoms with Crippen molar-refractivity contribution in [3.05, 3.63) is 47.5 Å². The smallest absolute Gasteiger partial charge is 0.410 e. The summed E-state index contributed by atoms with van der Waals surface area (Å²) in [5, 5.41) is 5.61. The number of ether oxygens (including phenoxy) is 3. The van der Waals surface area contributed by atoms with E-state index in [1.54, 1.807) is 25.7 Å². The number of alkyl carbamates (subject to hydrolysis) is 1. The molecule has 7 rings (SSSR count). The van der Waals surface area contributed by atoms with Gasteiger partial charge in [0.25, 0.3) is 5.91 Å². The summed E-state index contributed by atoms with van der Waals surface area (Å²) < 4.78 is 47.1. The van der Waals surface area contributed by atoms with Crippen LogP contribution in [-0.2, 0) is 45.2 Å². The fourth-order valence-corrected chi connectivity index (χ4v) is 10.5. The number of carbonyl (C=O) groups is 5. The molecule has 0 aromatic heterocycles. The maximum Gasteiger partial charge on any atom is 0.410 e. The molecule has 18 heteroatoms. The molecule has 1 unspecified atom stereocenters. The van der Waals surface area contributed by atoms with Crippen LogP contribution in [-0.4, -0.2) is 146 Å². The SMILES string of the molecule is CC(C)(C)OC(=O)N[C@H]1CCCCC/C=C/[C@@H]2C[C@@]2(C(=O)NS(=O)(=O)N2CCOCC2)NC(=O)C2C[C@@H](OC(=O)N3CCc4ccccc4[C@H]3CN3CCCCC3)CN2C1=O. The predicted octanol–water partition coefficient (Wildman–Crippen LogP) is 3.16. The molecule has 0 spiro atoms. The number of piperidine rings is 1. The van der Waals surface area contributed by atoms with E-state index in [9.17, 15) is 32.4 Å². The largest absolute Gasteiger partial charge is 0.444 e. The van der Waals surface area contributed by atoms with E-state index in [4.69, 9.17) is 14.2 Å². The van der Waals surface area contributed by atoms with Crippen LogP contribution in [0.15, 0.2) is 36.4 Å². The Bertz CT molecular complexity index is 1930. The molecule has 1 saturated carbocycles. The highest BCUT2D eigenvalue weighted by Crippen LogP contribution is 2.46. The van der Waals surface area contributed by atoms with E-state index < -0.39 is 75.4 Å². The molecule has 5 heterocycles. The van der Waals surface area contributed by atoms with Crippen LogP contribution in [0.2, 0.25) is 0 Å². The minimum atomic E-state index is -4.25. The van der Waals surface area contributed by atoms with Gasteiger partial charge in [0.1, 0.15) is 29.3 Å². The van der Waals surface area contributed by atoms with Gasteiger partial charge in [-0.15, -0.1) is 0 Å². The molecule has 1 aromatic rings. The molecule has 6 atom stereocenters. The number of fused-ring (bicyclic) bond motifs is 3. The molecule has 0 bridgehead atoms. The molecule has 4 fully saturated rings. The highest BCUT2D eigenvalue weighted by molar-refractivity contribution is 7.87. The molecule has 0 radical (unpaired) electrons.